The number of para-hydroxylation sites is 1. The number of nitrogens with one attached hydrogen (secondary N) is 2. The van der Waals surface area contributed by atoms with Gasteiger partial charge in [0.2, 0.25) is 5.88 Å². The fourth-order valence-corrected chi connectivity index (χ4v) is 2.63. The Balaban J connectivity index is 1.44. The van der Waals surface area contributed by atoms with E-state index in [2.05, 4.69) is 25.5 Å². The van der Waals surface area contributed by atoms with Crippen LogP contribution in [-0.2, 0) is 6.54 Å². The summed E-state index contributed by atoms with van der Waals surface area (Å²) in [5.74, 6) is 0.878. The zero-order chi connectivity index (χ0) is 19.2. The summed E-state index contributed by atoms with van der Waals surface area (Å²) in [5.41, 5.74) is 2.72. The molecule has 1 aromatic carbocycles. The molecule has 0 aliphatic heterocycles. The first-order chi connectivity index (χ1) is 13.8. The first-order valence-corrected chi connectivity index (χ1v) is 8.70. The van der Waals surface area contributed by atoms with Crippen molar-refractivity contribution in [2.24, 2.45) is 0 Å². The van der Waals surface area contributed by atoms with Crippen molar-refractivity contribution in [3.05, 3.63) is 90.5 Å². The van der Waals surface area contributed by atoms with E-state index in [-0.39, 0.29) is 12.5 Å². The van der Waals surface area contributed by atoms with Crippen LogP contribution < -0.4 is 10.1 Å². The average molecular weight is 371 g/mol. The third kappa shape index (κ3) is 4.04. The molecule has 0 aliphatic rings. The van der Waals surface area contributed by atoms with Crippen LogP contribution in [0.5, 0.6) is 11.6 Å². The molecule has 4 aromatic rings. The Hall–Kier alpha value is -4.00. The Kier molecular flexibility index (Phi) is 5.06. The molecule has 2 N–H and O–H groups in total. The van der Waals surface area contributed by atoms with Crippen molar-refractivity contribution >= 4 is 5.91 Å². The molecule has 1 amide bonds. The van der Waals surface area contributed by atoms with E-state index in [1.165, 1.54) is 0 Å². The zero-order valence-corrected chi connectivity index (χ0v) is 14.9. The molecule has 7 heteroatoms. The molecular formula is C21H17N5O2. The van der Waals surface area contributed by atoms with Gasteiger partial charge in [0.1, 0.15) is 11.4 Å². The van der Waals surface area contributed by atoms with Crippen molar-refractivity contribution < 1.29 is 9.53 Å². The predicted octanol–water partition coefficient (Wildman–Crippen LogP) is 3.59. The van der Waals surface area contributed by atoms with E-state index < -0.39 is 0 Å². The van der Waals surface area contributed by atoms with E-state index in [0.29, 0.717) is 23.0 Å². The number of ether oxygens (including phenoxy) is 1. The minimum Gasteiger partial charge on any atom is -0.439 e. The summed E-state index contributed by atoms with van der Waals surface area (Å²) in [6.45, 7) is 0.276. The van der Waals surface area contributed by atoms with Gasteiger partial charge in [-0.15, -0.1) is 0 Å². The van der Waals surface area contributed by atoms with Crippen molar-refractivity contribution in [3.8, 4) is 22.9 Å². The van der Waals surface area contributed by atoms with Gasteiger partial charge in [0.05, 0.1) is 5.69 Å². The summed E-state index contributed by atoms with van der Waals surface area (Å²) in [6.07, 6.45) is 5.01. The topological polar surface area (TPSA) is 92.8 Å². The fraction of sp³-hybridized carbons (Fsp3) is 0.0476. The van der Waals surface area contributed by atoms with Crippen LogP contribution in [0.2, 0.25) is 0 Å². The largest absolute Gasteiger partial charge is 0.439 e. The molecule has 3 heterocycles. The van der Waals surface area contributed by atoms with Crippen molar-refractivity contribution in [3.63, 3.8) is 0 Å². The van der Waals surface area contributed by atoms with E-state index in [1.807, 2.05) is 48.5 Å². The Morgan fingerprint density at radius 3 is 2.64 bits per heavy atom. The second-order valence-electron chi connectivity index (χ2n) is 5.97. The van der Waals surface area contributed by atoms with Gasteiger partial charge in [-0.05, 0) is 36.4 Å². The Morgan fingerprint density at radius 2 is 1.82 bits per heavy atom. The number of pyridine rings is 2. The van der Waals surface area contributed by atoms with Crippen molar-refractivity contribution in [1.29, 1.82) is 0 Å². The van der Waals surface area contributed by atoms with E-state index in [1.54, 1.807) is 30.7 Å². The lowest BCUT2D eigenvalue weighted by Gasteiger charge is -2.10. The molecule has 0 spiro atoms. The van der Waals surface area contributed by atoms with Gasteiger partial charge in [-0.3, -0.25) is 14.9 Å². The molecule has 0 unspecified atom stereocenters. The number of carbonyl (C=O) groups is 1. The summed E-state index contributed by atoms with van der Waals surface area (Å²) >= 11 is 0. The van der Waals surface area contributed by atoms with Gasteiger partial charge in [0.15, 0.2) is 0 Å². The summed E-state index contributed by atoms with van der Waals surface area (Å²) in [7, 11) is 0. The normalized spacial score (nSPS) is 10.4. The van der Waals surface area contributed by atoms with Gasteiger partial charge in [-0.25, -0.2) is 4.98 Å². The molecule has 0 aliphatic carbocycles. The number of benzene rings is 1. The lowest BCUT2D eigenvalue weighted by Crippen LogP contribution is -2.23. The highest BCUT2D eigenvalue weighted by atomic mass is 16.5. The van der Waals surface area contributed by atoms with Crippen LogP contribution in [0, 0.1) is 0 Å². The van der Waals surface area contributed by atoms with E-state index in [4.69, 9.17) is 4.74 Å². The second-order valence-corrected chi connectivity index (χ2v) is 5.97. The van der Waals surface area contributed by atoms with Crippen LogP contribution >= 0.6 is 0 Å². The first kappa shape index (κ1) is 17.4. The van der Waals surface area contributed by atoms with Gasteiger partial charge < -0.3 is 10.1 Å². The van der Waals surface area contributed by atoms with Gasteiger partial charge in [0.25, 0.3) is 5.91 Å². The van der Waals surface area contributed by atoms with E-state index >= 15 is 0 Å². The Morgan fingerprint density at radius 1 is 1.00 bits per heavy atom. The third-order valence-corrected chi connectivity index (χ3v) is 4.05. The Bertz CT molecular complexity index is 1060. The van der Waals surface area contributed by atoms with Crippen molar-refractivity contribution in [2.75, 3.05) is 0 Å². The van der Waals surface area contributed by atoms with Gasteiger partial charge in [-0.2, -0.15) is 5.10 Å². The molecule has 0 saturated heterocycles. The van der Waals surface area contributed by atoms with E-state index in [0.717, 1.165) is 11.1 Å². The fourth-order valence-electron chi connectivity index (χ4n) is 2.63. The molecule has 0 atom stereocenters. The number of H-pyrrole nitrogens is 1. The van der Waals surface area contributed by atoms with E-state index in [9.17, 15) is 4.79 Å². The highest BCUT2D eigenvalue weighted by Crippen LogP contribution is 2.22. The van der Waals surface area contributed by atoms with Gasteiger partial charge >= 0.3 is 0 Å². The van der Waals surface area contributed by atoms with Gasteiger partial charge in [0, 0.05) is 36.3 Å². The monoisotopic (exact) mass is 371 g/mol. The standard InChI is InChI=1S/C21H17N5O2/c27-20(19-13-18(25-26-19)15-8-11-22-12-9-15)24-14-16-5-4-10-23-21(16)28-17-6-2-1-3-7-17/h1-13H,14H2,(H,24,27)(H,25,26). The average Bonchev–Trinajstić information content (AvgIpc) is 3.25. The zero-order valence-electron chi connectivity index (χ0n) is 14.9. The highest BCUT2D eigenvalue weighted by molar-refractivity contribution is 5.93. The number of carbonyl (C=O) groups excluding carboxylic acids is 1. The predicted molar refractivity (Wildman–Crippen MR) is 104 cm³/mol. The first-order valence-electron chi connectivity index (χ1n) is 8.70. The van der Waals surface area contributed by atoms with Crippen LogP contribution in [0.1, 0.15) is 16.1 Å². The minimum absolute atomic E-state index is 0.262. The minimum atomic E-state index is -0.262. The summed E-state index contributed by atoms with van der Waals surface area (Å²) in [5, 5.41) is 9.81. The number of aromatic amines is 1. The smallest absolute Gasteiger partial charge is 0.269 e. The highest BCUT2D eigenvalue weighted by Gasteiger charge is 2.13. The van der Waals surface area contributed by atoms with Crippen LogP contribution in [0.25, 0.3) is 11.3 Å². The third-order valence-electron chi connectivity index (χ3n) is 4.05. The molecule has 0 saturated carbocycles. The molecule has 0 fully saturated rings. The second kappa shape index (κ2) is 8.13. The molecular weight excluding hydrogens is 354 g/mol. The summed E-state index contributed by atoms with van der Waals surface area (Å²) < 4.78 is 5.82. The number of nitrogens with zero attached hydrogens (tertiary/aromatic N) is 3. The molecule has 3 aromatic heterocycles. The SMILES string of the molecule is O=C(NCc1cccnc1Oc1ccccc1)c1cc(-c2ccncc2)n[nH]1. The van der Waals surface area contributed by atoms with Crippen LogP contribution in [0.4, 0.5) is 0 Å². The lowest BCUT2D eigenvalue weighted by molar-refractivity contribution is 0.0945. The lowest BCUT2D eigenvalue weighted by atomic mass is 10.2. The van der Waals surface area contributed by atoms with Gasteiger partial charge in [-0.1, -0.05) is 24.3 Å². The maximum atomic E-state index is 12.5. The molecule has 28 heavy (non-hydrogen) atoms. The molecule has 0 bridgehead atoms. The number of hydrogen-bond donors (Lipinski definition) is 2. The Labute approximate surface area is 161 Å². The van der Waals surface area contributed by atoms with Crippen LogP contribution in [-0.4, -0.2) is 26.1 Å². The quantitative estimate of drug-likeness (QED) is 0.540. The molecule has 138 valence electrons. The van der Waals surface area contributed by atoms with Crippen LogP contribution in [0.3, 0.4) is 0 Å². The number of aromatic nitrogens is 4. The molecule has 4 rings (SSSR count). The summed E-state index contributed by atoms with van der Waals surface area (Å²) in [6, 6.07) is 18.4. The summed E-state index contributed by atoms with van der Waals surface area (Å²) in [4.78, 5) is 20.7. The molecule has 7 nitrogen and oxygen atoms in total. The maximum absolute atomic E-state index is 12.5. The number of rotatable bonds is 6. The maximum Gasteiger partial charge on any atom is 0.269 e. The van der Waals surface area contributed by atoms with Crippen LogP contribution in [0.15, 0.2) is 79.3 Å². The number of amides is 1. The van der Waals surface area contributed by atoms with Crippen molar-refractivity contribution in [1.82, 2.24) is 25.5 Å². The molecule has 0 radical (unpaired) electrons. The number of hydrogen-bond acceptors (Lipinski definition) is 5. The van der Waals surface area contributed by atoms with Crippen molar-refractivity contribution in [2.45, 2.75) is 6.54 Å².